The Hall–Kier alpha value is -0.960. The summed E-state index contributed by atoms with van der Waals surface area (Å²) < 4.78 is 32.8. The van der Waals surface area contributed by atoms with Crippen molar-refractivity contribution < 1.29 is 17.9 Å². The molecule has 0 saturated carbocycles. The van der Waals surface area contributed by atoms with Crippen LogP contribution in [0.25, 0.3) is 0 Å². The van der Waals surface area contributed by atoms with Crippen molar-refractivity contribution in [3.05, 3.63) is 17.0 Å². The molecule has 128 valence electrons. The predicted octanol–water partition coefficient (Wildman–Crippen LogP) is 1.32. The number of hydrogen-bond acceptors (Lipinski definition) is 5. The van der Waals surface area contributed by atoms with Crippen molar-refractivity contribution in [2.75, 3.05) is 32.8 Å². The molecule has 2 fully saturated rings. The second-order valence-electron chi connectivity index (χ2n) is 5.79. The molecule has 1 amide bonds. The van der Waals surface area contributed by atoms with Crippen LogP contribution >= 0.6 is 11.3 Å². The summed E-state index contributed by atoms with van der Waals surface area (Å²) in [5, 5.41) is 0. The first-order valence-electron chi connectivity index (χ1n) is 8.01. The van der Waals surface area contributed by atoms with E-state index < -0.39 is 16.1 Å². The molecule has 0 bridgehead atoms. The maximum atomic E-state index is 12.9. The SMILES string of the molecule is CCc1ccc(S(=O)(=O)N2CCC[C@@H]2C(=O)N2CCOCC2)s1. The van der Waals surface area contributed by atoms with Crippen LogP contribution in [0, 0.1) is 0 Å². The van der Waals surface area contributed by atoms with Gasteiger partial charge in [-0.2, -0.15) is 4.31 Å². The number of sulfonamides is 1. The van der Waals surface area contributed by atoms with Gasteiger partial charge in [-0.1, -0.05) is 6.92 Å². The molecule has 0 spiro atoms. The van der Waals surface area contributed by atoms with Crippen molar-refractivity contribution in [2.45, 2.75) is 36.4 Å². The van der Waals surface area contributed by atoms with Crippen LogP contribution in [0.2, 0.25) is 0 Å². The van der Waals surface area contributed by atoms with Gasteiger partial charge in [-0.15, -0.1) is 11.3 Å². The third kappa shape index (κ3) is 3.31. The number of aryl methyl sites for hydroxylation is 1. The maximum absolute atomic E-state index is 12.9. The van der Waals surface area contributed by atoms with E-state index in [9.17, 15) is 13.2 Å². The highest BCUT2D eigenvalue weighted by Gasteiger charge is 2.41. The van der Waals surface area contributed by atoms with Gasteiger partial charge in [0.15, 0.2) is 0 Å². The fourth-order valence-electron chi connectivity index (χ4n) is 3.07. The number of ether oxygens (including phenoxy) is 1. The van der Waals surface area contributed by atoms with Gasteiger partial charge in [0.25, 0.3) is 10.0 Å². The monoisotopic (exact) mass is 358 g/mol. The van der Waals surface area contributed by atoms with Crippen molar-refractivity contribution in [1.82, 2.24) is 9.21 Å². The van der Waals surface area contributed by atoms with E-state index in [4.69, 9.17) is 4.74 Å². The molecule has 2 aliphatic rings. The van der Waals surface area contributed by atoms with Crippen molar-refractivity contribution >= 4 is 27.3 Å². The second-order valence-corrected chi connectivity index (χ2v) is 9.07. The lowest BCUT2D eigenvalue weighted by Crippen LogP contribution is -2.50. The van der Waals surface area contributed by atoms with E-state index in [1.54, 1.807) is 11.0 Å². The molecule has 1 aromatic rings. The van der Waals surface area contributed by atoms with Crippen LogP contribution in [0.4, 0.5) is 0 Å². The summed E-state index contributed by atoms with van der Waals surface area (Å²) in [6.07, 6.45) is 2.14. The minimum absolute atomic E-state index is 0.0818. The third-order valence-corrected chi connectivity index (χ3v) is 7.97. The summed E-state index contributed by atoms with van der Waals surface area (Å²) in [4.78, 5) is 15.5. The van der Waals surface area contributed by atoms with Crippen molar-refractivity contribution in [2.24, 2.45) is 0 Å². The standard InChI is InChI=1S/C15H22N2O4S2/c1-2-12-5-6-14(22-12)23(19,20)17-7-3-4-13(17)15(18)16-8-10-21-11-9-16/h5-6,13H,2-4,7-11H2,1H3/t13-/m1/s1. The topological polar surface area (TPSA) is 66.9 Å². The lowest BCUT2D eigenvalue weighted by Gasteiger charge is -2.32. The molecule has 2 saturated heterocycles. The Balaban J connectivity index is 1.81. The Morgan fingerprint density at radius 3 is 2.70 bits per heavy atom. The van der Waals surface area contributed by atoms with Gasteiger partial charge in [0.1, 0.15) is 10.3 Å². The molecule has 1 aromatic heterocycles. The predicted molar refractivity (Wildman–Crippen MR) is 88.0 cm³/mol. The van der Waals surface area contributed by atoms with Gasteiger partial charge in [-0.3, -0.25) is 4.79 Å². The Morgan fingerprint density at radius 2 is 2.04 bits per heavy atom. The molecule has 3 heterocycles. The van der Waals surface area contributed by atoms with Crippen LogP contribution in [0.3, 0.4) is 0 Å². The summed E-state index contributed by atoms with van der Waals surface area (Å²) in [6, 6.07) is 2.95. The van der Waals surface area contributed by atoms with E-state index >= 15 is 0 Å². The van der Waals surface area contributed by atoms with E-state index in [-0.39, 0.29) is 5.91 Å². The molecule has 0 radical (unpaired) electrons. The van der Waals surface area contributed by atoms with Gasteiger partial charge < -0.3 is 9.64 Å². The fourth-order valence-corrected chi connectivity index (χ4v) is 6.15. The van der Waals surface area contributed by atoms with Gasteiger partial charge in [-0.05, 0) is 31.4 Å². The van der Waals surface area contributed by atoms with Crippen LogP contribution in [0.5, 0.6) is 0 Å². The van der Waals surface area contributed by atoms with E-state index in [0.29, 0.717) is 43.5 Å². The molecule has 0 aliphatic carbocycles. The average Bonchev–Trinajstić information content (AvgIpc) is 3.24. The second kappa shape index (κ2) is 6.88. The minimum atomic E-state index is -3.59. The molecule has 1 atom stereocenters. The normalized spacial score (nSPS) is 23.3. The average molecular weight is 358 g/mol. The van der Waals surface area contributed by atoms with E-state index in [2.05, 4.69) is 0 Å². The first-order chi connectivity index (χ1) is 11.0. The van der Waals surface area contributed by atoms with Crippen LogP contribution in [0.1, 0.15) is 24.6 Å². The molecule has 6 nitrogen and oxygen atoms in total. The highest BCUT2D eigenvalue weighted by atomic mass is 32.2. The lowest BCUT2D eigenvalue weighted by atomic mass is 10.2. The number of amides is 1. The Labute approximate surface area is 141 Å². The third-order valence-electron chi connectivity index (χ3n) is 4.36. The smallest absolute Gasteiger partial charge is 0.253 e. The summed E-state index contributed by atoms with van der Waals surface area (Å²) >= 11 is 1.30. The molecule has 23 heavy (non-hydrogen) atoms. The van der Waals surface area contributed by atoms with Gasteiger partial charge >= 0.3 is 0 Å². The fraction of sp³-hybridized carbons (Fsp3) is 0.667. The van der Waals surface area contributed by atoms with Crippen molar-refractivity contribution in [1.29, 1.82) is 0 Å². The summed E-state index contributed by atoms with van der Waals surface area (Å²) in [7, 11) is -3.59. The van der Waals surface area contributed by atoms with E-state index in [0.717, 1.165) is 17.7 Å². The molecular formula is C15H22N2O4S2. The van der Waals surface area contributed by atoms with Crippen molar-refractivity contribution in [3.8, 4) is 0 Å². The van der Waals surface area contributed by atoms with Crippen molar-refractivity contribution in [3.63, 3.8) is 0 Å². The maximum Gasteiger partial charge on any atom is 0.253 e. The molecule has 8 heteroatoms. The zero-order chi connectivity index (χ0) is 16.4. The molecule has 2 aliphatic heterocycles. The first-order valence-corrected chi connectivity index (χ1v) is 10.3. The molecular weight excluding hydrogens is 336 g/mol. The number of carbonyl (C=O) groups excluding carboxylic acids is 1. The number of nitrogens with zero attached hydrogens (tertiary/aromatic N) is 2. The zero-order valence-corrected chi connectivity index (χ0v) is 14.9. The Kier molecular flexibility index (Phi) is 5.05. The summed E-state index contributed by atoms with van der Waals surface area (Å²) in [5.74, 6) is -0.0818. The largest absolute Gasteiger partial charge is 0.378 e. The van der Waals surface area contributed by atoms with Gasteiger partial charge in [-0.25, -0.2) is 8.42 Å². The molecule has 3 rings (SSSR count). The highest BCUT2D eigenvalue weighted by molar-refractivity contribution is 7.91. The van der Waals surface area contributed by atoms with Gasteiger partial charge in [0.05, 0.1) is 13.2 Å². The van der Waals surface area contributed by atoms with Crippen LogP contribution in [0.15, 0.2) is 16.3 Å². The minimum Gasteiger partial charge on any atom is -0.378 e. The summed E-state index contributed by atoms with van der Waals surface area (Å²) in [6.45, 7) is 4.56. The van der Waals surface area contributed by atoms with E-state index in [1.807, 2.05) is 13.0 Å². The van der Waals surface area contributed by atoms with Crippen LogP contribution in [-0.2, 0) is 26.0 Å². The lowest BCUT2D eigenvalue weighted by molar-refractivity contribution is -0.138. The van der Waals surface area contributed by atoms with E-state index in [1.165, 1.54) is 15.6 Å². The van der Waals surface area contributed by atoms with Crippen LogP contribution in [-0.4, -0.2) is 62.4 Å². The number of thiophene rings is 1. The van der Waals surface area contributed by atoms with Crippen LogP contribution < -0.4 is 0 Å². The molecule has 0 aromatic carbocycles. The zero-order valence-electron chi connectivity index (χ0n) is 13.2. The van der Waals surface area contributed by atoms with Gasteiger partial charge in [0.2, 0.25) is 5.91 Å². The Bertz CT molecular complexity index is 665. The molecule has 0 unspecified atom stereocenters. The number of hydrogen-bond donors (Lipinski definition) is 0. The number of morpholine rings is 1. The number of rotatable bonds is 4. The quantitative estimate of drug-likeness (QED) is 0.814. The van der Waals surface area contributed by atoms with Gasteiger partial charge in [0, 0.05) is 24.5 Å². The number of carbonyl (C=O) groups is 1. The highest BCUT2D eigenvalue weighted by Crippen LogP contribution is 2.31. The summed E-state index contributed by atoms with van der Waals surface area (Å²) in [5.41, 5.74) is 0. The Morgan fingerprint density at radius 1 is 1.30 bits per heavy atom. The first kappa shape index (κ1) is 16.9. The molecule has 0 N–H and O–H groups in total.